The van der Waals surface area contributed by atoms with Crippen LogP contribution in [0.15, 0.2) is 36.4 Å². The first-order valence-corrected chi connectivity index (χ1v) is 7.56. The molecule has 0 radical (unpaired) electrons. The van der Waals surface area contributed by atoms with Gasteiger partial charge in [-0.2, -0.15) is 0 Å². The largest absolute Gasteiger partial charge is 0.496 e. The number of hydrogen-bond donors (Lipinski definition) is 1. The summed E-state index contributed by atoms with van der Waals surface area (Å²) < 4.78 is 11.6. The van der Waals surface area contributed by atoms with Crippen LogP contribution in [0.4, 0.5) is 0 Å². The van der Waals surface area contributed by atoms with Gasteiger partial charge in [0.1, 0.15) is 5.75 Å². The molecule has 3 heteroatoms. The molecular formula is C18H23NO2. The summed E-state index contributed by atoms with van der Waals surface area (Å²) in [6, 6.07) is 12.8. The summed E-state index contributed by atoms with van der Waals surface area (Å²) in [6.07, 6.45) is 2.21. The van der Waals surface area contributed by atoms with E-state index in [0.717, 1.165) is 30.6 Å². The summed E-state index contributed by atoms with van der Waals surface area (Å²) in [6.45, 7) is 3.06. The lowest BCUT2D eigenvalue weighted by atomic mass is 9.85. The van der Waals surface area contributed by atoms with Gasteiger partial charge in [-0.1, -0.05) is 30.3 Å². The van der Waals surface area contributed by atoms with Crippen LogP contribution in [0.1, 0.15) is 31.4 Å². The van der Waals surface area contributed by atoms with Crippen molar-refractivity contribution >= 4 is 10.8 Å². The van der Waals surface area contributed by atoms with Crippen molar-refractivity contribution in [3.63, 3.8) is 0 Å². The Labute approximate surface area is 126 Å². The standard InChI is InChI=1S/C18H23NO2/c1-18(11-6-12-21-18)17(19-2)15-9-10-16(20-3)14-8-5-4-7-13(14)15/h4-5,7-10,17,19H,6,11-12H2,1-3H3. The predicted octanol–water partition coefficient (Wildman–Crippen LogP) is 3.68. The van der Waals surface area contributed by atoms with Crippen molar-refractivity contribution in [2.75, 3.05) is 20.8 Å². The van der Waals surface area contributed by atoms with E-state index >= 15 is 0 Å². The van der Waals surface area contributed by atoms with Crippen LogP contribution in [0.2, 0.25) is 0 Å². The summed E-state index contributed by atoms with van der Waals surface area (Å²) in [7, 11) is 3.73. The monoisotopic (exact) mass is 285 g/mol. The van der Waals surface area contributed by atoms with Crippen molar-refractivity contribution in [1.82, 2.24) is 5.32 Å². The van der Waals surface area contributed by atoms with E-state index in [1.807, 2.05) is 7.05 Å². The van der Waals surface area contributed by atoms with Gasteiger partial charge < -0.3 is 14.8 Å². The van der Waals surface area contributed by atoms with E-state index in [0.29, 0.717) is 0 Å². The Hall–Kier alpha value is -1.58. The molecule has 3 nitrogen and oxygen atoms in total. The lowest BCUT2D eigenvalue weighted by Crippen LogP contribution is -2.39. The third-order valence-corrected chi connectivity index (χ3v) is 4.60. The van der Waals surface area contributed by atoms with Crippen molar-refractivity contribution in [3.05, 3.63) is 42.0 Å². The zero-order valence-corrected chi connectivity index (χ0v) is 13.0. The first-order valence-electron chi connectivity index (χ1n) is 7.56. The predicted molar refractivity (Wildman–Crippen MR) is 85.9 cm³/mol. The van der Waals surface area contributed by atoms with Crippen LogP contribution in [0.25, 0.3) is 10.8 Å². The first-order chi connectivity index (χ1) is 10.2. The minimum Gasteiger partial charge on any atom is -0.496 e. The normalized spacial score (nSPS) is 23.4. The number of fused-ring (bicyclic) bond motifs is 1. The van der Waals surface area contributed by atoms with Crippen LogP contribution in [0, 0.1) is 0 Å². The van der Waals surface area contributed by atoms with E-state index in [2.05, 4.69) is 48.6 Å². The summed E-state index contributed by atoms with van der Waals surface area (Å²) >= 11 is 0. The quantitative estimate of drug-likeness (QED) is 0.929. The second-order valence-electron chi connectivity index (χ2n) is 5.89. The molecule has 3 rings (SSSR count). The SMILES string of the molecule is CNC(c1ccc(OC)c2ccccc12)C1(C)CCCO1. The van der Waals surface area contributed by atoms with Crippen LogP contribution in [0.3, 0.4) is 0 Å². The Morgan fingerprint density at radius 1 is 1.19 bits per heavy atom. The van der Waals surface area contributed by atoms with Gasteiger partial charge in [-0.25, -0.2) is 0 Å². The molecule has 1 fully saturated rings. The van der Waals surface area contributed by atoms with Crippen molar-refractivity contribution in [2.45, 2.75) is 31.4 Å². The molecule has 0 saturated carbocycles. The van der Waals surface area contributed by atoms with Crippen molar-refractivity contribution in [1.29, 1.82) is 0 Å². The average Bonchev–Trinajstić information content (AvgIpc) is 2.95. The molecule has 0 bridgehead atoms. The molecule has 0 amide bonds. The first kappa shape index (κ1) is 14.4. The Kier molecular flexibility index (Phi) is 3.87. The summed E-state index contributed by atoms with van der Waals surface area (Å²) in [5.41, 5.74) is 1.13. The number of likely N-dealkylation sites (N-methyl/N-ethyl adjacent to an activating group) is 1. The third kappa shape index (κ3) is 2.41. The molecule has 0 aromatic heterocycles. The van der Waals surface area contributed by atoms with Crippen molar-refractivity contribution < 1.29 is 9.47 Å². The fourth-order valence-corrected chi connectivity index (χ4v) is 3.54. The van der Waals surface area contributed by atoms with Crippen LogP contribution in [-0.2, 0) is 4.74 Å². The number of methoxy groups -OCH3 is 1. The van der Waals surface area contributed by atoms with Crippen LogP contribution >= 0.6 is 0 Å². The van der Waals surface area contributed by atoms with E-state index in [1.165, 1.54) is 10.9 Å². The van der Waals surface area contributed by atoms with Gasteiger partial charge >= 0.3 is 0 Å². The van der Waals surface area contributed by atoms with Crippen molar-refractivity contribution in [3.8, 4) is 5.75 Å². The number of nitrogens with one attached hydrogen (secondary N) is 1. The Morgan fingerprint density at radius 3 is 2.57 bits per heavy atom. The van der Waals surface area contributed by atoms with Crippen molar-refractivity contribution in [2.24, 2.45) is 0 Å². The summed E-state index contributed by atoms with van der Waals surface area (Å²) in [4.78, 5) is 0. The fraction of sp³-hybridized carbons (Fsp3) is 0.444. The number of hydrogen-bond acceptors (Lipinski definition) is 3. The minimum absolute atomic E-state index is 0.147. The van der Waals surface area contributed by atoms with Gasteiger partial charge in [0.05, 0.1) is 18.8 Å². The highest BCUT2D eigenvalue weighted by Gasteiger charge is 2.39. The Bertz CT molecular complexity index is 632. The topological polar surface area (TPSA) is 30.5 Å². The molecule has 1 aliphatic rings. The van der Waals surface area contributed by atoms with Gasteiger partial charge in [0.2, 0.25) is 0 Å². The third-order valence-electron chi connectivity index (χ3n) is 4.60. The zero-order valence-electron chi connectivity index (χ0n) is 13.0. The summed E-state index contributed by atoms with van der Waals surface area (Å²) in [5, 5.41) is 5.85. The molecule has 21 heavy (non-hydrogen) atoms. The van der Waals surface area contributed by atoms with E-state index in [9.17, 15) is 0 Å². The molecule has 1 heterocycles. The summed E-state index contributed by atoms with van der Waals surface area (Å²) in [5.74, 6) is 0.918. The highest BCUT2D eigenvalue weighted by Crippen LogP contribution is 2.41. The molecule has 1 N–H and O–H groups in total. The number of rotatable bonds is 4. The van der Waals surface area contributed by atoms with Gasteiger partial charge in [0, 0.05) is 12.0 Å². The van der Waals surface area contributed by atoms with Gasteiger partial charge in [0.25, 0.3) is 0 Å². The zero-order chi connectivity index (χ0) is 14.9. The van der Waals surface area contributed by atoms with Gasteiger partial charge in [-0.3, -0.25) is 0 Å². The number of ether oxygens (including phenoxy) is 2. The lowest BCUT2D eigenvalue weighted by Gasteiger charge is -2.34. The van der Waals surface area contributed by atoms with Crippen LogP contribution in [-0.4, -0.2) is 26.4 Å². The molecule has 1 saturated heterocycles. The van der Waals surface area contributed by atoms with Crippen LogP contribution in [0.5, 0.6) is 5.75 Å². The highest BCUT2D eigenvalue weighted by atomic mass is 16.5. The molecule has 112 valence electrons. The van der Waals surface area contributed by atoms with E-state index in [4.69, 9.17) is 9.47 Å². The number of benzene rings is 2. The maximum atomic E-state index is 6.06. The van der Waals surface area contributed by atoms with E-state index < -0.39 is 0 Å². The van der Waals surface area contributed by atoms with Crippen LogP contribution < -0.4 is 10.1 Å². The lowest BCUT2D eigenvalue weighted by molar-refractivity contribution is -0.0101. The van der Waals surface area contributed by atoms with Gasteiger partial charge in [0.15, 0.2) is 0 Å². The maximum absolute atomic E-state index is 6.06. The Balaban J connectivity index is 2.15. The second kappa shape index (κ2) is 5.66. The second-order valence-corrected chi connectivity index (χ2v) is 5.89. The van der Waals surface area contributed by atoms with E-state index in [1.54, 1.807) is 7.11 Å². The molecule has 1 aliphatic heterocycles. The molecule has 2 aromatic carbocycles. The molecule has 2 unspecified atom stereocenters. The Morgan fingerprint density at radius 2 is 1.95 bits per heavy atom. The molecule has 0 aliphatic carbocycles. The fourth-order valence-electron chi connectivity index (χ4n) is 3.54. The van der Waals surface area contributed by atoms with E-state index in [-0.39, 0.29) is 11.6 Å². The highest BCUT2D eigenvalue weighted by molar-refractivity contribution is 5.91. The molecular weight excluding hydrogens is 262 g/mol. The van der Waals surface area contributed by atoms with Gasteiger partial charge in [-0.15, -0.1) is 0 Å². The molecule has 2 atom stereocenters. The maximum Gasteiger partial charge on any atom is 0.126 e. The minimum atomic E-state index is -0.147. The van der Waals surface area contributed by atoms with Gasteiger partial charge in [-0.05, 0) is 43.8 Å². The molecule has 2 aromatic rings. The average molecular weight is 285 g/mol. The molecule has 0 spiro atoms. The smallest absolute Gasteiger partial charge is 0.126 e.